The maximum atomic E-state index is 6.15. The minimum atomic E-state index is 0.662. The van der Waals surface area contributed by atoms with Gasteiger partial charge < -0.3 is 9.88 Å². The predicted octanol–water partition coefficient (Wildman–Crippen LogP) is 3.23. The van der Waals surface area contributed by atoms with Crippen LogP contribution in [-0.2, 0) is 13.6 Å². The molecule has 0 fully saturated rings. The van der Waals surface area contributed by atoms with Gasteiger partial charge in [0.25, 0.3) is 0 Å². The van der Waals surface area contributed by atoms with E-state index < -0.39 is 0 Å². The molecule has 3 rings (SSSR count). The second-order valence-corrected chi connectivity index (χ2v) is 4.71. The van der Waals surface area contributed by atoms with Gasteiger partial charge in [0, 0.05) is 36.7 Å². The van der Waals surface area contributed by atoms with Crippen molar-refractivity contribution in [2.75, 3.05) is 5.32 Å². The van der Waals surface area contributed by atoms with Crippen molar-refractivity contribution < 1.29 is 0 Å². The molecular formula is C14H13ClN4. The molecule has 0 unspecified atom stereocenters. The molecule has 2 aromatic heterocycles. The molecule has 0 aliphatic rings. The van der Waals surface area contributed by atoms with Crippen LogP contribution in [0, 0.1) is 0 Å². The molecular weight excluding hydrogens is 260 g/mol. The third-order valence-electron chi connectivity index (χ3n) is 3.08. The van der Waals surface area contributed by atoms with Crippen LogP contribution in [0.25, 0.3) is 10.9 Å². The number of rotatable bonds is 3. The molecule has 0 aliphatic carbocycles. The molecule has 0 radical (unpaired) electrons. The van der Waals surface area contributed by atoms with Gasteiger partial charge in [0.1, 0.15) is 5.82 Å². The van der Waals surface area contributed by atoms with Crippen LogP contribution in [0.2, 0.25) is 5.02 Å². The van der Waals surface area contributed by atoms with E-state index in [2.05, 4.69) is 15.3 Å². The minimum Gasteiger partial charge on any atom is -0.377 e. The Morgan fingerprint density at radius 3 is 2.89 bits per heavy atom. The van der Waals surface area contributed by atoms with Gasteiger partial charge in [0.05, 0.1) is 17.1 Å². The van der Waals surface area contributed by atoms with Crippen molar-refractivity contribution in [3.63, 3.8) is 0 Å². The van der Waals surface area contributed by atoms with Crippen LogP contribution in [0.4, 0.5) is 5.69 Å². The van der Waals surface area contributed by atoms with Crippen LogP contribution in [0.3, 0.4) is 0 Å². The Hall–Kier alpha value is -2.07. The number of benzene rings is 1. The van der Waals surface area contributed by atoms with E-state index in [4.69, 9.17) is 11.6 Å². The molecule has 0 aliphatic heterocycles. The van der Waals surface area contributed by atoms with Crippen molar-refractivity contribution in [1.29, 1.82) is 0 Å². The topological polar surface area (TPSA) is 42.7 Å². The molecule has 1 aromatic carbocycles. The number of hydrogen-bond acceptors (Lipinski definition) is 3. The van der Waals surface area contributed by atoms with E-state index in [1.54, 1.807) is 12.4 Å². The molecule has 2 heterocycles. The van der Waals surface area contributed by atoms with Gasteiger partial charge in [-0.25, -0.2) is 4.98 Å². The van der Waals surface area contributed by atoms with Crippen LogP contribution in [-0.4, -0.2) is 14.5 Å². The highest BCUT2D eigenvalue weighted by Crippen LogP contribution is 2.28. The zero-order chi connectivity index (χ0) is 13.2. The first kappa shape index (κ1) is 12.0. The number of hydrogen-bond donors (Lipinski definition) is 1. The average Bonchev–Trinajstić information content (AvgIpc) is 2.84. The Bertz CT molecular complexity index is 720. The highest BCUT2D eigenvalue weighted by atomic mass is 35.5. The normalized spacial score (nSPS) is 10.8. The van der Waals surface area contributed by atoms with Gasteiger partial charge in [-0.05, 0) is 24.3 Å². The number of aryl methyl sites for hydroxylation is 1. The van der Waals surface area contributed by atoms with Crippen molar-refractivity contribution in [2.45, 2.75) is 6.54 Å². The zero-order valence-electron chi connectivity index (χ0n) is 10.5. The smallest absolute Gasteiger partial charge is 0.127 e. The van der Waals surface area contributed by atoms with Crippen molar-refractivity contribution in [1.82, 2.24) is 14.5 Å². The number of nitrogens with zero attached hydrogens (tertiary/aromatic N) is 3. The fraction of sp³-hybridized carbons (Fsp3) is 0.143. The summed E-state index contributed by atoms with van der Waals surface area (Å²) in [6.07, 6.45) is 5.47. The fourth-order valence-corrected chi connectivity index (χ4v) is 2.25. The molecule has 5 heteroatoms. The van der Waals surface area contributed by atoms with Crippen LogP contribution >= 0.6 is 11.6 Å². The quantitative estimate of drug-likeness (QED) is 0.796. The highest BCUT2D eigenvalue weighted by Gasteiger charge is 2.06. The van der Waals surface area contributed by atoms with Crippen LogP contribution in [0.15, 0.2) is 42.9 Å². The minimum absolute atomic E-state index is 0.662. The lowest BCUT2D eigenvalue weighted by Gasteiger charge is -2.10. The second kappa shape index (κ2) is 4.90. The molecule has 0 saturated heterocycles. The van der Waals surface area contributed by atoms with Crippen molar-refractivity contribution in [3.05, 3.63) is 53.7 Å². The van der Waals surface area contributed by atoms with Crippen molar-refractivity contribution in [2.24, 2.45) is 7.05 Å². The molecule has 0 spiro atoms. The summed E-state index contributed by atoms with van der Waals surface area (Å²) in [5.74, 6) is 0.979. The lowest BCUT2D eigenvalue weighted by molar-refractivity contribution is 0.813. The number of anilines is 1. The zero-order valence-corrected chi connectivity index (χ0v) is 11.2. The van der Waals surface area contributed by atoms with Gasteiger partial charge in [0.15, 0.2) is 0 Å². The van der Waals surface area contributed by atoms with Crippen molar-refractivity contribution >= 4 is 28.2 Å². The predicted molar refractivity (Wildman–Crippen MR) is 77.3 cm³/mol. The summed E-state index contributed by atoms with van der Waals surface area (Å²) in [5, 5.41) is 5.06. The van der Waals surface area contributed by atoms with Gasteiger partial charge in [0.2, 0.25) is 0 Å². The van der Waals surface area contributed by atoms with Gasteiger partial charge in [-0.15, -0.1) is 0 Å². The summed E-state index contributed by atoms with van der Waals surface area (Å²) in [5.41, 5.74) is 1.82. The van der Waals surface area contributed by atoms with E-state index in [0.29, 0.717) is 11.6 Å². The molecule has 0 amide bonds. The fourth-order valence-electron chi connectivity index (χ4n) is 2.03. The lowest BCUT2D eigenvalue weighted by atomic mass is 10.2. The van der Waals surface area contributed by atoms with Crippen LogP contribution in [0.1, 0.15) is 5.82 Å². The van der Waals surface area contributed by atoms with Gasteiger partial charge in [-0.1, -0.05) is 11.6 Å². The Kier molecular flexibility index (Phi) is 3.09. The monoisotopic (exact) mass is 272 g/mol. The summed E-state index contributed by atoms with van der Waals surface area (Å²) in [4.78, 5) is 8.60. The summed E-state index contributed by atoms with van der Waals surface area (Å²) < 4.78 is 1.99. The number of halogens is 1. The van der Waals surface area contributed by atoms with Gasteiger partial charge in [-0.2, -0.15) is 0 Å². The first-order valence-corrected chi connectivity index (χ1v) is 6.37. The molecule has 96 valence electrons. The maximum Gasteiger partial charge on any atom is 0.127 e. The number of nitrogens with one attached hydrogen (secondary N) is 1. The van der Waals surface area contributed by atoms with Crippen LogP contribution in [0.5, 0.6) is 0 Å². The molecule has 0 atom stereocenters. The first-order valence-electron chi connectivity index (χ1n) is 5.99. The van der Waals surface area contributed by atoms with E-state index in [1.165, 1.54) is 0 Å². The molecule has 0 saturated carbocycles. The summed E-state index contributed by atoms with van der Waals surface area (Å²) >= 11 is 6.15. The average molecular weight is 273 g/mol. The Labute approximate surface area is 116 Å². The van der Waals surface area contributed by atoms with E-state index in [0.717, 1.165) is 22.4 Å². The van der Waals surface area contributed by atoms with E-state index >= 15 is 0 Å². The van der Waals surface area contributed by atoms with Gasteiger partial charge >= 0.3 is 0 Å². The van der Waals surface area contributed by atoms with Crippen LogP contribution < -0.4 is 5.32 Å². The Morgan fingerprint density at radius 1 is 1.21 bits per heavy atom. The Balaban J connectivity index is 1.93. The number of imidazole rings is 1. The Morgan fingerprint density at radius 2 is 2.11 bits per heavy atom. The third kappa shape index (κ3) is 2.27. The SMILES string of the molecule is Cn1ccnc1CNc1ccc(Cl)c2ncccc12. The molecule has 3 aromatic rings. The van der Waals surface area contributed by atoms with E-state index in [9.17, 15) is 0 Å². The first-order chi connectivity index (χ1) is 9.25. The molecule has 4 nitrogen and oxygen atoms in total. The standard InChI is InChI=1S/C14H13ClN4/c1-19-8-7-16-13(19)9-18-12-5-4-11(15)14-10(12)3-2-6-17-14/h2-8,18H,9H2,1H3. The molecule has 0 bridgehead atoms. The third-order valence-corrected chi connectivity index (χ3v) is 3.38. The van der Waals surface area contributed by atoms with E-state index in [-0.39, 0.29) is 0 Å². The van der Waals surface area contributed by atoms with Gasteiger partial charge in [-0.3, -0.25) is 4.98 Å². The summed E-state index contributed by atoms with van der Waals surface area (Å²) in [6, 6.07) is 7.74. The van der Waals surface area contributed by atoms with E-state index in [1.807, 2.05) is 42.1 Å². The molecule has 19 heavy (non-hydrogen) atoms. The largest absolute Gasteiger partial charge is 0.377 e. The maximum absolute atomic E-state index is 6.15. The number of aromatic nitrogens is 3. The number of pyridine rings is 1. The highest BCUT2D eigenvalue weighted by molar-refractivity contribution is 6.35. The molecule has 1 N–H and O–H groups in total. The lowest BCUT2D eigenvalue weighted by Crippen LogP contribution is -2.06. The summed E-state index contributed by atoms with van der Waals surface area (Å²) in [6.45, 7) is 0.662. The number of fused-ring (bicyclic) bond motifs is 1. The second-order valence-electron chi connectivity index (χ2n) is 4.30. The summed E-state index contributed by atoms with van der Waals surface area (Å²) in [7, 11) is 1.98. The van der Waals surface area contributed by atoms with Crippen molar-refractivity contribution in [3.8, 4) is 0 Å².